The fourth-order valence-electron chi connectivity index (χ4n) is 1.19. The Labute approximate surface area is 90.0 Å². The van der Waals surface area contributed by atoms with Crippen molar-refractivity contribution in [1.82, 2.24) is 9.78 Å². The van der Waals surface area contributed by atoms with Crippen LogP contribution in [0.2, 0.25) is 5.02 Å². The van der Waals surface area contributed by atoms with Gasteiger partial charge < -0.3 is 4.74 Å². The summed E-state index contributed by atoms with van der Waals surface area (Å²) in [4.78, 5) is 0. The molecule has 0 saturated heterocycles. The van der Waals surface area contributed by atoms with Gasteiger partial charge in [-0.25, -0.2) is 0 Å². The summed E-state index contributed by atoms with van der Waals surface area (Å²) >= 11 is 6.00. The molecule has 0 unspecified atom stereocenters. The first-order valence-electron chi connectivity index (χ1n) is 5.07. The van der Waals surface area contributed by atoms with Crippen molar-refractivity contribution in [1.29, 1.82) is 0 Å². The average Bonchev–Trinajstić information content (AvgIpc) is 2.48. The maximum absolute atomic E-state index is 6.00. The van der Waals surface area contributed by atoms with Crippen LogP contribution in [0.25, 0.3) is 0 Å². The van der Waals surface area contributed by atoms with Crippen molar-refractivity contribution in [2.75, 3.05) is 6.61 Å². The van der Waals surface area contributed by atoms with E-state index in [1.807, 2.05) is 10.9 Å². The molecular formula is C10H17ClN2O. The lowest BCUT2D eigenvalue weighted by atomic mass is 10.4. The minimum Gasteiger partial charge on any atom is -0.375 e. The number of hydrogen-bond donors (Lipinski definition) is 0. The van der Waals surface area contributed by atoms with Crippen molar-refractivity contribution < 1.29 is 4.74 Å². The van der Waals surface area contributed by atoms with Crippen molar-refractivity contribution in [2.45, 2.75) is 39.8 Å². The van der Waals surface area contributed by atoms with E-state index in [1.165, 1.54) is 0 Å². The second-order valence-electron chi connectivity index (χ2n) is 3.24. The topological polar surface area (TPSA) is 27.1 Å². The Bertz CT molecular complexity index is 273. The SMILES string of the molecule is CCCOCc1nn(CCC)cc1Cl. The summed E-state index contributed by atoms with van der Waals surface area (Å²) in [5, 5.41) is 5.03. The largest absolute Gasteiger partial charge is 0.375 e. The smallest absolute Gasteiger partial charge is 0.107 e. The summed E-state index contributed by atoms with van der Waals surface area (Å²) in [6.07, 6.45) is 3.94. The fraction of sp³-hybridized carbons (Fsp3) is 0.700. The number of rotatable bonds is 6. The van der Waals surface area contributed by atoms with Gasteiger partial charge in [-0.2, -0.15) is 5.10 Å². The maximum Gasteiger partial charge on any atom is 0.107 e. The summed E-state index contributed by atoms with van der Waals surface area (Å²) in [6.45, 7) is 6.38. The van der Waals surface area contributed by atoms with E-state index in [4.69, 9.17) is 16.3 Å². The van der Waals surface area contributed by atoms with E-state index < -0.39 is 0 Å². The predicted octanol–water partition coefficient (Wildman–Crippen LogP) is 2.87. The molecule has 0 atom stereocenters. The lowest BCUT2D eigenvalue weighted by molar-refractivity contribution is 0.118. The molecule has 3 nitrogen and oxygen atoms in total. The fourth-order valence-corrected chi connectivity index (χ4v) is 1.40. The Hall–Kier alpha value is -0.540. The molecule has 4 heteroatoms. The molecule has 1 aromatic rings. The molecule has 0 spiro atoms. The van der Waals surface area contributed by atoms with Gasteiger partial charge in [0.15, 0.2) is 0 Å². The third-order valence-electron chi connectivity index (χ3n) is 1.83. The molecule has 1 rings (SSSR count). The van der Waals surface area contributed by atoms with Crippen LogP contribution in [-0.4, -0.2) is 16.4 Å². The highest BCUT2D eigenvalue weighted by atomic mass is 35.5. The van der Waals surface area contributed by atoms with Gasteiger partial charge in [0.1, 0.15) is 5.69 Å². The standard InChI is InChI=1S/C10H17ClN2O/c1-3-5-13-7-9(11)10(12-13)8-14-6-4-2/h7H,3-6,8H2,1-2H3. The highest BCUT2D eigenvalue weighted by Gasteiger charge is 2.05. The zero-order valence-corrected chi connectivity index (χ0v) is 9.55. The summed E-state index contributed by atoms with van der Waals surface area (Å²) in [6, 6.07) is 0. The van der Waals surface area contributed by atoms with Gasteiger partial charge in [0, 0.05) is 19.3 Å². The lowest BCUT2D eigenvalue weighted by Gasteiger charge is -1.99. The number of aromatic nitrogens is 2. The average molecular weight is 217 g/mol. The molecule has 0 fully saturated rings. The number of ether oxygens (including phenoxy) is 1. The highest BCUT2D eigenvalue weighted by molar-refractivity contribution is 6.31. The van der Waals surface area contributed by atoms with E-state index in [9.17, 15) is 0 Å². The van der Waals surface area contributed by atoms with Gasteiger partial charge in [-0.15, -0.1) is 0 Å². The van der Waals surface area contributed by atoms with E-state index in [2.05, 4.69) is 18.9 Å². The number of halogens is 1. The van der Waals surface area contributed by atoms with Crippen LogP contribution >= 0.6 is 11.6 Å². The highest BCUT2D eigenvalue weighted by Crippen LogP contribution is 2.15. The molecule has 0 aromatic carbocycles. The third-order valence-corrected chi connectivity index (χ3v) is 2.14. The minimum absolute atomic E-state index is 0.517. The molecule has 0 aliphatic heterocycles. The van der Waals surface area contributed by atoms with E-state index >= 15 is 0 Å². The van der Waals surface area contributed by atoms with Gasteiger partial charge in [0.2, 0.25) is 0 Å². The van der Waals surface area contributed by atoms with Crippen LogP contribution in [0.15, 0.2) is 6.20 Å². The van der Waals surface area contributed by atoms with Crippen LogP contribution in [-0.2, 0) is 17.9 Å². The molecule has 1 aromatic heterocycles. The molecule has 0 N–H and O–H groups in total. The maximum atomic E-state index is 6.00. The first-order chi connectivity index (χ1) is 6.77. The van der Waals surface area contributed by atoms with Gasteiger partial charge >= 0.3 is 0 Å². The lowest BCUT2D eigenvalue weighted by Crippen LogP contribution is -2.00. The zero-order chi connectivity index (χ0) is 10.4. The Morgan fingerprint density at radius 1 is 1.43 bits per heavy atom. The Kier molecular flexibility index (Phi) is 4.98. The summed E-state index contributed by atoms with van der Waals surface area (Å²) in [5.74, 6) is 0. The number of aryl methyl sites for hydroxylation is 1. The zero-order valence-electron chi connectivity index (χ0n) is 8.79. The van der Waals surface area contributed by atoms with E-state index in [0.29, 0.717) is 11.6 Å². The molecule has 0 radical (unpaired) electrons. The van der Waals surface area contributed by atoms with Crippen molar-refractivity contribution in [3.63, 3.8) is 0 Å². The first kappa shape index (κ1) is 11.5. The van der Waals surface area contributed by atoms with Crippen molar-refractivity contribution in [3.8, 4) is 0 Å². The van der Waals surface area contributed by atoms with Gasteiger partial charge in [-0.05, 0) is 12.8 Å². The molecule has 0 bridgehead atoms. The summed E-state index contributed by atoms with van der Waals surface area (Å²) in [7, 11) is 0. The van der Waals surface area contributed by atoms with Gasteiger partial charge in [0.05, 0.1) is 11.6 Å². The Morgan fingerprint density at radius 2 is 2.21 bits per heavy atom. The normalized spacial score (nSPS) is 10.8. The van der Waals surface area contributed by atoms with Gasteiger partial charge in [0.25, 0.3) is 0 Å². The monoisotopic (exact) mass is 216 g/mol. The first-order valence-corrected chi connectivity index (χ1v) is 5.45. The molecule has 1 heterocycles. The second-order valence-corrected chi connectivity index (χ2v) is 3.65. The third kappa shape index (κ3) is 3.31. The van der Waals surface area contributed by atoms with Crippen LogP contribution in [0.1, 0.15) is 32.4 Å². The van der Waals surface area contributed by atoms with Crippen molar-refractivity contribution in [2.24, 2.45) is 0 Å². The molecule has 0 aliphatic rings. The Morgan fingerprint density at radius 3 is 2.86 bits per heavy atom. The molecule has 14 heavy (non-hydrogen) atoms. The predicted molar refractivity (Wildman–Crippen MR) is 57.5 cm³/mol. The molecule has 0 saturated carbocycles. The number of nitrogens with zero attached hydrogens (tertiary/aromatic N) is 2. The molecule has 0 aliphatic carbocycles. The molecular weight excluding hydrogens is 200 g/mol. The number of hydrogen-bond acceptors (Lipinski definition) is 2. The quantitative estimate of drug-likeness (QED) is 0.684. The van der Waals surface area contributed by atoms with Crippen LogP contribution < -0.4 is 0 Å². The minimum atomic E-state index is 0.517. The van der Waals surface area contributed by atoms with Crippen LogP contribution in [0.5, 0.6) is 0 Å². The van der Waals surface area contributed by atoms with Gasteiger partial charge in [-0.3, -0.25) is 4.68 Å². The van der Waals surface area contributed by atoms with E-state index in [-0.39, 0.29) is 0 Å². The summed E-state index contributed by atoms with van der Waals surface area (Å²) < 4.78 is 7.25. The molecule has 0 amide bonds. The van der Waals surface area contributed by atoms with E-state index in [0.717, 1.165) is 31.7 Å². The van der Waals surface area contributed by atoms with Crippen molar-refractivity contribution >= 4 is 11.6 Å². The second kappa shape index (κ2) is 6.04. The van der Waals surface area contributed by atoms with Crippen LogP contribution in [0.3, 0.4) is 0 Å². The molecule has 80 valence electrons. The van der Waals surface area contributed by atoms with Crippen LogP contribution in [0, 0.1) is 0 Å². The Balaban J connectivity index is 2.49. The summed E-state index contributed by atoms with van der Waals surface area (Å²) in [5.41, 5.74) is 0.841. The van der Waals surface area contributed by atoms with Crippen molar-refractivity contribution in [3.05, 3.63) is 16.9 Å². The van der Waals surface area contributed by atoms with E-state index in [1.54, 1.807) is 0 Å². The van der Waals surface area contributed by atoms with Gasteiger partial charge in [-0.1, -0.05) is 25.4 Å². The van der Waals surface area contributed by atoms with Crippen LogP contribution in [0.4, 0.5) is 0 Å².